The van der Waals surface area contributed by atoms with Gasteiger partial charge in [0.2, 0.25) is 0 Å². The quantitative estimate of drug-likeness (QED) is 0.0323. The highest BCUT2D eigenvalue weighted by molar-refractivity contribution is 5.70. The molecule has 16 fully saturated rings. The molecule has 0 aromatic carbocycles. The number of fused-ring (bicyclic) bond motifs is 20. The van der Waals surface area contributed by atoms with E-state index >= 15 is 0 Å². The maximum absolute atomic E-state index is 12.0. The predicted octanol–water partition coefficient (Wildman–Crippen LogP) is 25.7. The SMILES string of the molecule is C.C.C.C.C.C.C.C.C.CCC1CC(CC)C2C3CC(CC3CCCC(=O)OCC3COCO3)C12.CCC1CC(CC)C2C3CC(CC3CCCCC(=O)OCC3COCO3)C12.CCC1CC(CC)C2C3CC(CC3CCCCCC(=O)OCC3COCO3)C12.CCC1CC(CC)C2C3CC(CC3CCCCCCC(=O)OCC3COCO3)C12. The highest BCUT2D eigenvalue weighted by Crippen LogP contribution is 2.70. The summed E-state index contributed by atoms with van der Waals surface area (Å²) >= 11 is 0. The highest BCUT2D eigenvalue weighted by Gasteiger charge is 2.63. The molecule has 0 amide bonds. The Labute approximate surface area is 732 Å². The van der Waals surface area contributed by atoms with Crippen molar-refractivity contribution in [3.8, 4) is 0 Å². The number of rotatable bonds is 38. The molecule has 16 heteroatoms. The molecule has 16 rings (SSSR count). The van der Waals surface area contributed by atoms with Crippen LogP contribution in [0.5, 0.6) is 0 Å². The average molecular weight is 1690 g/mol. The summed E-state index contributed by atoms with van der Waals surface area (Å²) in [4.78, 5) is 47.6. The molecule has 32 atom stereocenters. The average Bonchev–Trinajstić information content (AvgIpc) is 1.59. The Balaban J connectivity index is 0.000000326. The fraction of sp³-hybridized carbons (Fsp3) is 0.961. The summed E-state index contributed by atoms with van der Waals surface area (Å²) < 4.78 is 62.8. The van der Waals surface area contributed by atoms with Gasteiger partial charge in [-0.1, -0.05) is 231 Å². The third-order valence-corrected chi connectivity index (χ3v) is 33.9. The number of hydrogen-bond donors (Lipinski definition) is 0. The van der Waals surface area contributed by atoms with E-state index in [9.17, 15) is 19.2 Å². The summed E-state index contributed by atoms with van der Waals surface area (Å²) in [5.74, 6) is 28.0. The number of esters is 4. The van der Waals surface area contributed by atoms with Gasteiger partial charge in [-0.05, 0) is 275 Å². The number of ether oxygens (including phenoxy) is 12. The van der Waals surface area contributed by atoms with Crippen LogP contribution in [0.2, 0.25) is 0 Å². The van der Waals surface area contributed by atoms with Gasteiger partial charge in [0.05, 0.1) is 26.4 Å². The number of carbonyl (C=O) groups is 4. The Morgan fingerprint density at radius 1 is 0.235 bits per heavy atom. The molecule has 12 saturated carbocycles. The Kier molecular flexibility index (Phi) is 49.4. The second-order valence-electron chi connectivity index (χ2n) is 39.1. The van der Waals surface area contributed by atoms with Crippen molar-refractivity contribution in [1.82, 2.24) is 0 Å². The minimum Gasteiger partial charge on any atom is -0.463 e. The minimum absolute atomic E-state index is 0. The zero-order valence-corrected chi connectivity index (χ0v) is 70.4. The van der Waals surface area contributed by atoms with E-state index < -0.39 is 0 Å². The van der Waals surface area contributed by atoms with Crippen molar-refractivity contribution in [2.24, 2.45) is 166 Å². The van der Waals surface area contributed by atoms with Gasteiger partial charge < -0.3 is 56.8 Å². The third kappa shape index (κ3) is 26.9. The van der Waals surface area contributed by atoms with Gasteiger partial charge in [-0.2, -0.15) is 0 Å². The monoisotopic (exact) mass is 1690 g/mol. The van der Waals surface area contributed by atoms with Crippen molar-refractivity contribution >= 4 is 23.9 Å². The summed E-state index contributed by atoms with van der Waals surface area (Å²) in [7, 11) is 0. The van der Waals surface area contributed by atoms with Crippen molar-refractivity contribution < 1.29 is 76.0 Å². The largest absolute Gasteiger partial charge is 0.463 e. The van der Waals surface area contributed by atoms with Crippen LogP contribution in [0.15, 0.2) is 0 Å². The van der Waals surface area contributed by atoms with Gasteiger partial charge in [0.15, 0.2) is 0 Å². The molecular weight excluding hydrogens is 1490 g/mol. The van der Waals surface area contributed by atoms with E-state index in [0.717, 1.165) is 204 Å². The standard InChI is InChI=1S/C25H42O4.C24H40O4.C23H38O4.C22H36O4.9CH4/c1-3-17-11-18(4-2)25-22-13-20(24(17)25)12-19(22)9-7-5-6-8-10-23(26)28-15-21-14-27-16-29-21;1-3-16-10-17(4-2)24-21-12-19(23(16)24)11-18(21)8-6-5-7-9-22(25)27-14-20-13-26-15-28-20;1-3-15-9-16(4-2)23-20-11-18(22(15)23)10-17(20)7-5-6-8-21(24)26-13-19-12-25-14-27-19;1-3-14-8-15(4-2)22-19-10-17(21(14)22)9-16(19)6-5-7-20(23)25-12-18-11-24-13-26-18;;;;;;;;;/h17-22,24-25H,3-16H2,1-2H3;16-21,23-24H,3-15H2,1-2H3;15-20,22-23H,3-14H2,1-2H3;14-19,21-22H,3-13H2,1-2H3;9*1H4. The van der Waals surface area contributed by atoms with Gasteiger partial charge in [-0.25, -0.2) is 0 Å². The van der Waals surface area contributed by atoms with Crippen LogP contribution in [-0.2, 0) is 76.0 Å². The van der Waals surface area contributed by atoms with Crippen LogP contribution in [0.1, 0.15) is 366 Å². The second kappa shape index (κ2) is 54.0. The zero-order valence-electron chi connectivity index (χ0n) is 70.4. The van der Waals surface area contributed by atoms with Crippen LogP contribution >= 0.6 is 0 Å². The van der Waals surface area contributed by atoms with E-state index in [1.807, 2.05) is 0 Å². The lowest BCUT2D eigenvalue weighted by atomic mass is 9.69. The molecule has 700 valence electrons. The van der Waals surface area contributed by atoms with Gasteiger partial charge in [0.1, 0.15) is 78.0 Å². The molecule has 16 aliphatic rings. The highest BCUT2D eigenvalue weighted by atomic mass is 16.7. The van der Waals surface area contributed by atoms with Gasteiger partial charge in [0, 0.05) is 25.7 Å². The van der Waals surface area contributed by atoms with Crippen molar-refractivity contribution in [3.05, 3.63) is 0 Å². The van der Waals surface area contributed by atoms with E-state index in [1.165, 1.54) is 173 Å². The first kappa shape index (κ1) is 109. The lowest BCUT2D eigenvalue weighted by Gasteiger charge is -2.36. The summed E-state index contributed by atoms with van der Waals surface area (Å²) in [5, 5.41) is 0. The molecule has 0 aromatic heterocycles. The molecule has 0 N–H and O–H groups in total. The van der Waals surface area contributed by atoms with Gasteiger partial charge in [-0.3, -0.25) is 19.2 Å². The molecule has 4 saturated heterocycles. The molecule has 119 heavy (non-hydrogen) atoms. The lowest BCUT2D eigenvalue weighted by Crippen LogP contribution is -2.30. The Hall–Kier alpha value is -2.44. The predicted molar refractivity (Wildman–Crippen MR) is 486 cm³/mol. The molecule has 0 aromatic rings. The fourth-order valence-electron chi connectivity index (χ4n) is 29.4. The van der Waals surface area contributed by atoms with Crippen LogP contribution in [0.25, 0.3) is 0 Å². The summed E-state index contributed by atoms with van der Waals surface area (Å²) in [6.07, 6.45) is 47.8. The van der Waals surface area contributed by atoms with E-state index in [2.05, 4.69) is 55.4 Å². The van der Waals surface area contributed by atoms with Crippen LogP contribution in [0.4, 0.5) is 0 Å². The van der Waals surface area contributed by atoms with Crippen LogP contribution in [0, 0.1) is 166 Å². The Morgan fingerprint density at radius 3 is 0.672 bits per heavy atom. The molecule has 4 aliphatic heterocycles. The maximum Gasteiger partial charge on any atom is 0.305 e. The normalized spacial score (nSPS) is 38.9. The van der Waals surface area contributed by atoms with Crippen molar-refractivity contribution in [2.45, 2.75) is 391 Å². The molecule has 4 heterocycles. The summed E-state index contributed by atoms with van der Waals surface area (Å²) in [6, 6.07) is 0. The molecule has 0 spiro atoms. The topological polar surface area (TPSA) is 179 Å². The second-order valence-corrected chi connectivity index (χ2v) is 39.1. The lowest BCUT2D eigenvalue weighted by molar-refractivity contribution is -0.147. The Morgan fingerprint density at radius 2 is 0.437 bits per heavy atom. The van der Waals surface area contributed by atoms with E-state index in [4.69, 9.17) is 56.8 Å². The van der Waals surface area contributed by atoms with Gasteiger partial charge >= 0.3 is 23.9 Å². The van der Waals surface area contributed by atoms with Crippen LogP contribution in [-0.4, -0.2) is 128 Å². The van der Waals surface area contributed by atoms with Crippen molar-refractivity contribution in [2.75, 3.05) is 80.0 Å². The summed E-state index contributed by atoms with van der Waals surface area (Å²) in [6.45, 7) is 24.1. The van der Waals surface area contributed by atoms with Crippen LogP contribution in [0.3, 0.4) is 0 Å². The molecule has 0 radical (unpaired) electrons. The molecule has 12 aliphatic carbocycles. The summed E-state index contributed by atoms with van der Waals surface area (Å²) in [5.41, 5.74) is 0. The molecular formula is C103H192O16. The smallest absolute Gasteiger partial charge is 0.305 e. The van der Waals surface area contributed by atoms with Gasteiger partial charge in [-0.15, -0.1) is 0 Å². The van der Waals surface area contributed by atoms with Gasteiger partial charge in [0.25, 0.3) is 0 Å². The third-order valence-electron chi connectivity index (χ3n) is 33.9. The Bertz CT molecular complexity index is 2760. The molecule has 32 unspecified atom stereocenters. The maximum atomic E-state index is 12.0. The number of carbonyl (C=O) groups excluding carboxylic acids is 4. The number of unbranched alkanes of at least 4 members (excludes halogenated alkanes) is 6. The fourth-order valence-corrected chi connectivity index (χ4v) is 29.4. The van der Waals surface area contributed by atoms with E-state index in [1.54, 1.807) is 6.42 Å². The van der Waals surface area contributed by atoms with Crippen molar-refractivity contribution in [3.63, 3.8) is 0 Å². The van der Waals surface area contributed by atoms with E-state index in [-0.39, 0.29) is 115 Å². The van der Waals surface area contributed by atoms with E-state index in [0.29, 0.717) is 106 Å². The first-order chi connectivity index (χ1) is 53.8. The first-order valence-electron chi connectivity index (χ1n) is 47.2. The van der Waals surface area contributed by atoms with Crippen LogP contribution < -0.4 is 0 Å². The minimum atomic E-state index is -0.0861. The molecule has 8 bridgehead atoms. The molecule has 16 nitrogen and oxygen atoms in total. The number of hydrogen-bond acceptors (Lipinski definition) is 16. The van der Waals surface area contributed by atoms with Crippen molar-refractivity contribution in [1.29, 1.82) is 0 Å². The zero-order chi connectivity index (χ0) is 76.6. The first-order valence-corrected chi connectivity index (χ1v) is 47.2.